The van der Waals surface area contributed by atoms with Crippen molar-refractivity contribution in [2.24, 2.45) is 0 Å². The number of ether oxygens (including phenoxy) is 1. The quantitative estimate of drug-likeness (QED) is 0.651. The van der Waals surface area contributed by atoms with Crippen molar-refractivity contribution < 1.29 is 18.6 Å². The topological polar surface area (TPSA) is 55.5 Å². The van der Waals surface area contributed by atoms with Crippen LogP contribution in [-0.4, -0.2) is 5.11 Å². The number of phenolic OH excluding ortho intramolecular Hbond substituents is 1. The Morgan fingerprint density at radius 3 is 2.72 bits per heavy atom. The van der Waals surface area contributed by atoms with Gasteiger partial charge in [0.15, 0.2) is 0 Å². The first-order valence-corrected chi connectivity index (χ1v) is 5.22. The molecule has 3 nitrogen and oxygen atoms in total. The Balaban J connectivity index is 2.16. The van der Waals surface area contributed by atoms with Gasteiger partial charge in [0.05, 0.1) is 0 Å². The first-order valence-electron chi connectivity index (χ1n) is 5.22. The third-order valence-electron chi connectivity index (χ3n) is 2.43. The molecule has 0 heterocycles. The molecule has 5 heteroatoms. The van der Waals surface area contributed by atoms with Crippen LogP contribution in [0.1, 0.15) is 5.56 Å². The van der Waals surface area contributed by atoms with Gasteiger partial charge < -0.3 is 15.6 Å². The van der Waals surface area contributed by atoms with Crippen molar-refractivity contribution in [2.45, 2.75) is 6.61 Å². The van der Waals surface area contributed by atoms with Crippen molar-refractivity contribution in [3.05, 3.63) is 53.6 Å². The maximum atomic E-state index is 13.3. The molecule has 0 saturated heterocycles. The van der Waals surface area contributed by atoms with Crippen LogP contribution in [0.25, 0.3) is 0 Å². The second-order valence-corrected chi connectivity index (χ2v) is 3.71. The van der Waals surface area contributed by atoms with Gasteiger partial charge in [-0.25, -0.2) is 8.78 Å². The summed E-state index contributed by atoms with van der Waals surface area (Å²) in [4.78, 5) is 0. The van der Waals surface area contributed by atoms with Gasteiger partial charge in [-0.05, 0) is 30.3 Å². The number of anilines is 1. The molecule has 0 atom stereocenters. The molecule has 0 aliphatic carbocycles. The summed E-state index contributed by atoms with van der Waals surface area (Å²) in [6, 6.07) is 7.59. The number of rotatable bonds is 3. The average Bonchev–Trinajstić information content (AvgIpc) is 2.35. The average molecular weight is 251 g/mol. The highest BCUT2D eigenvalue weighted by atomic mass is 19.1. The van der Waals surface area contributed by atoms with Gasteiger partial charge in [0, 0.05) is 5.56 Å². The molecule has 0 bridgehead atoms. The molecular formula is C13H11F2NO2. The normalized spacial score (nSPS) is 10.3. The standard InChI is InChI=1S/C13H11F2NO2/c14-9-4-5-10(15)8(6-9)7-18-12-3-1-2-11(17)13(12)16/h1-6,17H,7,16H2. The van der Waals surface area contributed by atoms with E-state index >= 15 is 0 Å². The lowest BCUT2D eigenvalue weighted by atomic mass is 10.2. The predicted molar refractivity (Wildman–Crippen MR) is 63.2 cm³/mol. The molecule has 3 N–H and O–H groups in total. The zero-order valence-corrected chi connectivity index (χ0v) is 9.36. The highest BCUT2D eigenvalue weighted by molar-refractivity contribution is 5.61. The number of aromatic hydroxyl groups is 1. The summed E-state index contributed by atoms with van der Waals surface area (Å²) in [5.74, 6) is -1.00. The molecule has 0 radical (unpaired) electrons. The molecule has 0 saturated carbocycles. The van der Waals surface area contributed by atoms with Crippen LogP contribution in [0.3, 0.4) is 0 Å². The monoisotopic (exact) mass is 251 g/mol. The molecule has 0 spiro atoms. The number of benzene rings is 2. The lowest BCUT2D eigenvalue weighted by molar-refractivity contribution is 0.299. The number of hydrogen-bond donors (Lipinski definition) is 2. The van der Waals surface area contributed by atoms with E-state index in [4.69, 9.17) is 10.5 Å². The Bertz CT molecular complexity index is 571. The molecule has 18 heavy (non-hydrogen) atoms. The maximum absolute atomic E-state index is 13.3. The number of para-hydroxylation sites is 1. The van der Waals surface area contributed by atoms with Crippen molar-refractivity contribution in [2.75, 3.05) is 5.73 Å². The largest absolute Gasteiger partial charge is 0.506 e. The summed E-state index contributed by atoms with van der Waals surface area (Å²) in [6.07, 6.45) is 0. The van der Waals surface area contributed by atoms with E-state index in [1.54, 1.807) is 6.07 Å². The van der Waals surface area contributed by atoms with E-state index in [-0.39, 0.29) is 29.4 Å². The molecule has 2 aromatic carbocycles. The molecule has 0 fully saturated rings. The number of phenols is 1. The van der Waals surface area contributed by atoms with Crippen LogP contribution in [-0.2, 0) is 6.61 Å². The van der Waals surface area contributed by atoms with Crippen LogP contribution in [0.2, 0.25) is 0 Å². The molecule has 0 amide bonds. The first kappa shape index (κ1) is 12.2. The molecule has 0 aromatic heterocycles. The Morgan fingerprint density at radius 2 is 1.94 bits per heavy atom. The van der Waals surface area contributed by atoms with Crippen molar-refractivity contribution in [1.82, 2.24) is 0 Å². The van der Waals surface area contributed by atoms with Crippen LogP contribution in [0.4, 0.5) is 14.5 Å². The van der Waals surface area contributed by atoms with E-state index in [2.05, 4.69) is 0 Å². The van der Waals surface area contributed by atoms with Crippen LogP contribution in [0.5, 0.6) is 11.5 Å². The van der Waals surface area contributed by atoms with Gasteiger partial charge in [-0.2, -0.15) is 0 Å². The lowest BCUT2D eigenvalue weighted by Gasteiger charge is -2.10. The minimum Gasteiger partial charge on any atom is -0.506 e. The van der Waals surface area contributed by atoms with Crippen molar-refractivity contribution in [3.63, 3.8) is 0 Å². The van der Waals surface area contributed by atoms with Gasteiger partial charge in [0.25, 0.3) is 0 Å². The second-order valence-electron chi connectivity index (χ2n) is 3.71. The second kappa shape index (κ2) is 4.91. The molecule has 0 aliphatic heterocycles. The van der Waals surface area contributed by atoms with Crippen molar-refractivity contribution in [3.8, 4) is 11.5 Å². The fraction of sp³-hybridized carbons (Fsp3) is 0.0769. The summed E-state index contributed by atoms with van der Waals surface area (Å²) in [5.41, 5.74) is 5.72. The molecule has 0 unspecified atom stereocenters. The van der Waals surface area contributed by atoms with Gasteiger partial charge in [-0.15, -0.1) is 0 Å². The maximum Gasteiger partial charge on any atom is 0.146 e. The molecule has 94 valence electrons. The van der Waals surface area contributed by atoms with Crippen LogP contribution in [0, 0.1) is 11.6 Å². The summed E-state index contributed by atoms with van der Waals surface area (Å²) >= 11 is 0. The van der Waals surface area contributed by atoms with Gasteiger partial charge in [-0.1, -0.05) is 6.07 Å². The van der Waals surface area contributed by atoms with Crippen molar-refractivity contribution >= 4 is 5.69 Å². The van der Waals surface area contributed by atoms with Crippen molar-refractivity contribution in [1.29, 1.82) is 0 Å². The summed E-state index contributed by atoms with van der Waals surface area (Å²) in [5, 5.41) is 9.36. The van der Waals surface area contributed by atoms with E-state index in [1.165, 1.54) is 12.1 Å². The number of halogens is 2. The molecular weight excluding hydrogens is 240 g/mol. The first-order chi connectivity index (χ1) is 8.58. The van der Waals surface area contributed by atoms with Gasteiger partial charge in [0.2, 0.25) is 0 Å². The van der Waals surface area contributed by atoms with E-state index in [0.717, 1.165) is 18.2 Å². The molecule has 0 aliphatic rings. The fourth-order valence-electron chi connectivity index (χ4n) is 1.47. The SMILES string of the molecule is Nc1c(O)cccc1OCc1cc(F)ccc1F. The van der Waals surface area contributed by atoms with Gasteiger partial charge >= 0.3 is 0 Å². The zero-order valence-electron chi connectivity index (χ0n) is 9.36. The highest BCUT2D eigenvalue weighted by Crippen LogP contribution is 2.30. The van der Waals surface area contributed by atoms with Crippen LogP contribution >= 0.6 is 0 Å². The summed E-state index contributed by atoms with van der Waals surface area (Å²) in [6.45, 7) is -0.169. The van der Waals surface area contributed by atoms with Gasteiger partial charge in [-0.3, -0.25) is 0 Å². The van der Waals surface area contributed by atoms with E-state index in [1.807, 2.05) is 0 Å². The Morgan fingerprint density at radius 1 is 1.17 bits per heavy atom. The Kier molecular flexibility index (Phi) is 3.32. The van der Waals surface area contributed by atoms with E-state index in [9.17, 15) is 13.9 Å². The smallest absolute Gasteiger partial charge is 0.146 e. The molecule has 2 rings (SSSR count). The number of hydrogen-bond acceptors (Lipinski definition) is 3. The molecule has 2 aromatic rings. The Labute approximate surface area is 102 Å². The number of nitrogens with two attached hydrogens (primary N) is 1. The summed E-state index contributed by atoms with van der Waals surface area (Å²) < 4.78 is 31.5. The number of nitrogen functional groups attached to an aromatic ring is 1. The lowest BCUT2D eigenvalue weighted by Crippen LogP contribution is -2.01. The predicted octanol–water partition coefficient (Wildman–Crippen LogP) is 2.83. The third-order valence-corrected chi connectivity index (χ3v) is 2.43. The Hall–Kier alpha value is -2.30. The zero-order chi connectivity index (χ0) is 13.1. The minimum atomic E-state index is -0.560. The summed E-state index contributed by atoms with van der Waals surface area (Å²) in [7, 11) is 0. The van der Waals surface area contributed by atoms with Crippen LogP contribution in [0.15, 0.2) is 36.4 Å². The van der Waals surface area contributed by atoms with E-state index < -0.39 is 11.6 Å². The third kappa shape index (κ3) is 2.51. The van der Waals surface area contributed by atoms with Crippen LogP contribution < -0.4 is 10.5 Å². The minimum absolute atomic E-state index is 0.0642. The fourth-order valence-corrected chi connectivity index (χ4v) is 1.47. The van der Waals surface area contributed by atoms with Gasteiger partial charge in [0.1, 0.15) is 35.4 Å². The highest BCUT2D eigenvalue weighted by Gasteiger charge is 2.08. The van der Waals surface area contributed by atoms with E-state index in [0.29, 0.717) is 0 Å².